The van der Waals surface area contributed by atoms with Crippen LogP contribution in [-0.2, 0) is 9.59 Å². The van der Waals surface area contributed by atoms with Gasteiger partial charge in [-0.1, -0.05) is 41.9 Å². The standard InChI is InChI=1S/C21H21ClN2O2/c22-18-7-9-19(10-8-18)23-21(26)17-12-14-24(15-13-17)20(25)11-6-16-4-2-1-3-5-16/h1-11,17H,12-15H2,(H,23,26)/b11-6-. The number of hydrogen-bond donors (Lipinski definition) is 1. The van der Waals surface area contributed by atoms with Gasteiger partial charge in [-0.05, 0) is 48.7 Å². The van der Waals surface area contributed by atoms with E-state index in [-0.39, 0.29) is 17.7 Å². The van der Waals surface area contributed by atoms with E-state index in [0.29, 0.717) is 31.0 Å². The van der Waals surface area contributed by atoms with E-state index in [1.807, 2.05) is 36.4 Å². The molecule has 1 fully saturated rings. The van der Waals surface area contributed by atoms with E-state index >= 15 is 0 Å². The summed E-state index contributed by atoms with van der Waals surface area (Å²) in [5.41, 5.74) is 1.74. The van der Waals surface area contributed by atoms with Crippen LogP contribution in [0, 0.1) is 5.92 Å². The van der Waals surface area contributed by atoms with E-state index in [2.05, 4.69) is 5.32 Å². The molecule has 2 aromatic rings. The number of rotatable bonds is 4. The Bertz CT molecular complexity index is 779. The SMILES string of the molecule is O=C(Nc1ccc(Cl)cc1)C1CCN(C(=O)/C=C\c2ccccc2)CC1. The van der Waals surface area contributed by atoms with E-state index in [9.17, 15) is 9.59 Å². The van der Waals surface area contributed by atoms with Crippen molar-refractivity contribution in [1.29, 1.82) is 0 Å². The van der Waals surface area contributed by atoms with Crippen molar-refractivity contribution < 1.29 is 9.59 Å². The van der Waals surface area contributed by atoms with Crippen molar-refractivity contribution in [1.82, 2.24) is 4.90 Å². The van der Waals surface area contributed by atoms with Crippen molar-refractivity contribution in [3.05, 3.63) is 71.3 Å². The summed E-state index contributed by atoms with van der Waals surface area (Å²) < 4.78 is 0. The minimum Gasteiger partial charge on any atom is -0.339 e. The molecular formula is C21H21ClN2O2. The highest BCUT2D eigenvalue weighted by Crippen LogP contribution is 2.21. The zero-order chi connectivity index (χ0) is 18.4. The lowest BCUT2D eigenvalue weighted by Gasteiger charge is -2.30. The molecule has 134 valence electrons. The molecule has 0 unspecified atom stereocenters. The van der Waals surface area contributed by atoms with E-state index in [4.69, 9.17) is 11.6 Å². The number of carbonyl (C=O) groups excluding carboxylic acids is 2. The van der Waals surface area contributed by atoms with Crippen molar-refractivity contribution in [3.63, 3.8) is 0 Å². The van der Waals surface area contributed by atoms with Gasteiger partial charge in [0.2, 0.25) is 11.8 Å². The Kier molecular flexibility index (Phi) is 6.08. The first-order valence-corrected chi connectivity index (χ1v) is 9.08. The van der Waals surface area contributed by atoms with Crippen LogP contribution < -0.4 is 5.32 Å². The highest BCUT2D eigenvalue weighted by molar-refractivity contribution is 6.30. The number of nitrogens with one attached hydrogen (secondary N) is 1. The summed E-state index contributed by atoms with van der Waals surface area (Å²) in [6.07, 6.45) is 4.76. The monoisotopic (exact) mass is 368 g/mol. The van der Waals surface area contributed by atoms with Crippen molar-refractivity contribution in [2.45, 2.75) is 12.8 Å². The van der Waals surface area contributed by atoms with Gasteiger partial charge in [0.05, 0.1) is 0 Å². The molecular weight excluding hydrogens is 348 g/mol. The van der Waals surface area contributed by atoms with E-state index in [1.165, 1.54) is 0 Å². The number of hydrogen-bond acceptors (Lipinski definition) is 2. The molecule has 4 nitrogen and oxygen atoms in total. The maximum Gasteiger partial charge on any atom is 0.246 e. The summed E-state index contributed by atoms with van der Waals surface area (Å²) in [5.74, 6) is -0.0857. The first-order chi connectivity index (χ1) is 12.6. The summed E-state index contributed by atoms with van der Waals surface area (Å²) in [4.78, 5) is 26.5. The second kappa shape index (κ2) is 8.68. The Labute approximate surface area is 158 Å². The summed E-state index contributed by atoms with van der Waals surface area (Å²) in [6, 6.07) is 16.8. The molecule has 0 atom stereocenters. The number of benzene rings is 2. The zero-order valence-electron chi connectivity index (χ0n) is 14.4. The van der Waals surface area contributed by atoms with Crippen LogP contribution in [-0.4, -0.2) is 29.8 Å². The van der Waals surface area contributed by atoms with Crippen LogP contribution >= 0.6 is 11.6 Å². The van der Waals surface area contributed by atoms with Crippen LogP contribution in [0.4, 0.5) is 5.69 Å². The van der Waals surface area contributed by atoms with Gasteiger partial charge in [0.1, 0.15) is 0 Å². The Morgan fingerprint density at radius 1 is 1.00 bits per heavy atom. The first-order valence-electron chi connectivity index (χ1n) is 8.70. The van der Waals surface area contributed by atoms with Gasteiger partial charge in [-0.25, -0.2) is 0 Å². The van der Waals surface area contributed by atoms with Crippen LogP contribution in [0.1, 0.15) is 18.4 Å². The van der Waals surface area contributed by atoms with Gasteiger partial charge in [-0.3, -0.25) is 9.59 Å². The molecule has 2 aromatic carbocycles. The van der Waals surface area contributed by atoms with Crippen molar-refractivity contribution in [3.8, 4) is 0 Å². The Hall–Kier alpha value is -2.59. The van der Waals surface area contributed by atoms with Crippen LogP contribution in [0.25, 0.3) is 6.08 Å². The third-order valence-corrected chi connectivity index (χ3v) is 4.76. The van der Waals surface area contributed by atoms with E-state index in [1.54, 1.807) is 35.2 Å². The molecule has 1 N–H and O–H groups in total. The van der Waals surface area contributed by atoms with Crippen LogP contribution in [0.3, 0.4) is 0 Å². The summed E-state index contributed by atoms with van der Waals surface area (Å²) in [7, 11) is 0. The van der Waals surface area contributed by atoms with Crippen LogP contribution in [0.5, 0.6) is 0 Å². The number of piperidine rings is 1. The van der Waals surface area contributed by atoms with Gasteiger partial charge in [-0.15, -0.1) is 0 Å². The van der Waals surface area contributed by atoms with Crippen LogP contribution in [0.2, 0.25) is 5.02 Å². The second-order valence-electron chi connectivity index (χ2n) is 6.34. The number of carbonyl (C=O) groups is 2. The third-order valence-electron chi connectivity index (χ3n) is 4.51. The molecule has 2 amide bonds. The molecule has 0 radical (unpaired) electrons. The smallest absolute Gasteiger partial charge is 0.246 e. The van der Waals surface area contributed by atoms with Gasteiger partial charge in [0, 0.05) is 35.8 Å². The molecule has 3 rings (SSSR count). The number of halogens is 1. The molecule has 1 heterocycles. The van der Waals surface area contributed by atoms with Gasteiger partial charge in [0.25, 0.3) is 0 Å². The Balaban J connectivity index is 1.49. The van der Waals surface area contributed by atoms with Crippen LogP contribution in [0.15, 0.2) is 60.7 Å². The van der Waals surface area contributed by atoms with Gasteiger partial charge in [0.15, 0.2) is 0 Å². The maximum atomic E-state index is 12.4. The zero-order valence-corrected chi connectivity index (χ0v) is 15.2. The highest BCUT2D eigenvalue weighted by atomic mass is 35.5. The minimum atomic E-state index is -0.0761. The predicted molar refractivity (Wildman–Crippen MR) is 105 cm³/mol. The second-order valence-corrected chi connectivity index (χ2v) is 6.78. The van der Waals surface area contributed by atoms with Gasteiger partial charge in [-0.2, -0.15) is 0 Å². The van der Waals surface area contributed by atoms with E-state index in [0.717, 1.165) is 11.3 Å². The number of likely N-dealkylation sites (tertiary alicyclic amines) is 1. The fourth-order valence-corrected chi connectivity index (χ4v) is 3.10. The fraction of sp³-hybridized carbons (Fsp3) is 0.238. The summed E-state index contributed by atoms with van der Waals surface area (Å²) in [5, 5.41) is 3.55. The maximum absolute atomic E-state index is 12.4. The molecule has 1 aliphatic rings. The molecule has 1 saturated heterocycles. The number of nitrogens with zero attached hydrogens (tertiary/aromatic N) is 1. The van der Waals surface area contributed by atoms with Gasteiger partial charge >= 0.3 is 0 Å². The molecule has 0 aromatic heterocycles. The Morgan fingerprint density at radius 3 is 2.31 bits per heavy atom. The lowest BCUT2D eigenvalue weighted by atomic mass is 9.95. The highest BCUT2D eigenvalue weighted by Gasteiger charge is 2.26. The van der Waals surface area contributed by atoms with Crippen molar-refractivity contribution in [2.75, 3.05) is 18.4 Å². The van der Waals surface area contributed by atoms with E-state index < -0.39 is 0 Å². The minimum absolute atomic E-state index is 0.000695. The topological polar surface area (TPSA) is 49.4 Å². The molecule has 26 heavy (non-hydrogen) atoms. The first kappa shape index (κ1) is 18.2. The largest absolute Gasteiger partial charge is 0.339 e. The third kappa shape index (κ3) is 4.96. The summed E-state index contributed by atoms with van der Waals surface area (Å²) in [6.45, 7) is 1.19. The normalized spacial score (nSPS) is 15.2. The van der Waals surface area contributed by atoms with Crippen molar-refractivity contribution >= 4 is 35.2 Å². The predicted octanol–water partition coefficient (Wildman–Crippen LogP) is 4.23. The lowest BCUT2D eigenvalue weighted by Crippen LogP contribution is -2.40. The molecule has 5 heteroatoms. The fourth-order valence-electron chi connectivity index (χ4n) is 2.98. The number of amides is 2. The molecule has 1 aliphatic heterocycles. The quantitative estimate of drug-likeness (QED) is 0.821. The van der Waals surface area contributed by atoms with Crippen molar-refractivity contribution in [2.24, 2.45) is 5.92 Å². The molecule has 0 aliphatic carbocycles. The molecule has 0 bridgehead atoms. The average Bonchev–Trinajstić information content (AvgIpc) is 2.69. The van der Waals surface area contributed by atoms with Gasteiger partial charge < -0.3 is 10.2 Å². The lowest BCUT2D eigenvalue weighted by molar-refractivity contribution is -0.130. The molecule has 0 spiro atoms. The molecule has 0 saturated carbocycles. The number of anilines is 1. The Morgan fingerprint density at radius 2 is 1.65 bits per heavy atom. The average molecular weight is 369 g/mol. The summed E-state index contributed by atoms with van der Waals surface area (Å²) >= 11 is 5.85.